The van der Waals surface area contributed by atoms with Crippen LogP contribution >= 0.6 is 11.5 Å². The normalized spacial score (nSPS) is 9.69. The van der Waals surface area contributed by atoms with Crippen molar-refractivity contribution in [2.45, 2.75) is 6.61 Å². The first-order chi connectivity index (χ1) is 7.81. The Morgan fingerprint density at radius 1 is 1.38 bits per heavy atom. The van der Waals surface area contributed by atoms with Crippen molar-refractivity contribution in [1.82, 2.24) is 4.37 Å². The summed E-state index contributed by atoms with van der Waals surface area (Å²) in [7, 11) is 0. The molecule has 2 aromatic rings. The topological polar surface area (TPSA) is 66.1 Å². The molecule has 5 heteroatoms. The minimum absolute atomic E-state index is 0.0981. The number of aromatic nitrogens is 1. The van der Waals surface area contributed by atoms with Gasteiger partial charge in [-0.3, -0.25) is 0 Å². The van der Waals surface area contributed by atoms with Gasteiger partial charge in [-0.15, -0.1) is 0 Å². The van der Waals surface area contributed by atoms with Crippen LogP contribution in [0.2, 0.25) is 0 Å². The fourth-order valence-corrected chi connectivity index (χ4v) is 1.79. The molecule has 0 saturated carbocycles. The maximum absolute atomic E-state index is 9.23. The van der Waals surface area contributed by atoms with E-state index in [2.05, 4.69) is 4.37 Å². The fraction of sp³-hybridized carbons (Fsp3) is 0.0909. The first kappa shape index (κ1) is 10.5. The zero-order valence-corrected chi connectivity index (χ0v) is 9.07. The lowest BCUT2D eigenvalue weighted by molar-refractivity contribution is 0.313. The summed E-state index contributed by atoms with van der Waals surface area (Å²) < 4.78 is 9.06. The number of nitrogens with zero attached hydrogens (tertiary/aromatic N) is 2. The monoisotopic (exact) mass is 232 g/mol. The highest BCUT2D eigenvalue weighted by Crippen LogP contribution is 2.31. The van der Waals surface area contributed by atoms with E-state index in [0.717, 1.165) is 17.1 Å². The van der Waals surface area contributed by atoms with Gasteiger partial charge in [0.2, 0.25) is 10.9 Å². The molecular formula is C11H8N2O2S. The van der Waals surface area contributed by atoms with Gasteiger partial charge in [0.05, 0.1) is 0 Å². The molecule has 1 aromatic heterocycles. The summed E-state index contributed by atoms with van der Waals surface area (Å²) in [5.74, 6) is -0.268. The van der Waals surface area contributed by atoms with E-state index in [-0.39, 0.29) is 11.4 Å². The molecule has 0 bridgehead atoms. The van der Waals surface area contributed by atoms with Crippen LogP contribution in [0.5, 0.6) is 10.9 Å². The molecule has 0 saturated heterocycles. The molecular weight excluding hydrogens is 224 g/mol. The van der Waals surface area contributed by atoms with Crippen molar-refractivity contribution in [2.75, 3.05) is 0 Å². The van der Waals surface area contributed by atoms with Gasteiger partial charge in [-0.05, 0) is 5.56 Å². The van der Waals surface area contributed by atoms with Gasteiger partial charge in [-0.1, -0.05) is 30.3 Å². The lowest BCUT2D eigenvalue weighted by atomic mass is 10.2. The Morgan fingerprint density at radius 2 is 2.12 bits per heavy atom. The molecule has 0 spiro atoms. The molecule has 4 nitrogen and oxygen atoms in total. The largest absolute Gasteiger partial charge is 0.492 e. The van der Waals surface area contributed by atoms with Gasteiger partial charge in [0, 0.05) is 11.5 Å². The van der Waals surface area contributed by atoms with Crippen LogP contribution in [0.15, 0.2) is 30.3 Å². The van der Waals surface area contributed by atoms with E-state index in [1.165, 1.54) is 0 Å². The number of hydrogen-bond donors (Lipinski definition) is 1. The van der Waals surface area contributed by atoms with E-state index in [4.69, 9.17) is 10.00 Å². The van der Waals surface area contributed by atoms with Crippen molar-refractivity contribution < 1.29 is 9.84 Å². The minimum Gasteiger partial charge on any atom is -0.492 e. The van der Waals surface area contributed by atoms with Crippen molar-refractivity contribution in [3.8, 4) is 17.0 Å². The molecule has 0 aliphatic heterocycles. The number of ether oxygens (including phenoxy) is 1. The zero-order chi connectivity index (χ0) is 11.4. The molecule has 1 aromatic carbocycles. The van der Waals surface area contributed by atoms with Gasteiger partial charge >= 0.3 is 0 Å². The third-order valence-electron chi connectivity index (χ3n) is 1.97. The average molecular weight is 232 g/mol. The zero-order valence-electron chi connectivity index (χ0n) is 8.25. The van der Waals surface area contributed by atoms with Crippen LogP contribution in [0.25, 0.3) is 0 Å². The molecule has 0 atom stereocenters. The highest BCUT2D eigenvalue weighted by Gasteiger charge is 2.13. The Kier molecular flexibility index (Phi) is 3.03. The molecule has 1 heterocycles. The summed E-state index contributed by atoms with van der Waals surface area (Å²) >= 11 is 0.975. The standard InChI is InChI=1S/C11H8N2O2S/c12-6-9-10(14)13-16-11(9)15-7-8-4-2-1-3-5-8/h1-5H,7H2,(H,13,14). The van der Waals surface area contributed by atoms with Gasteiger partial charge < -0.3 is 9.84 Å². The van der Waals surface area contributed by atoms with E-state index < -0.39 is 0 Å². The van der Waals surface area contributed by atoms with Crippen molar-refractivity contribution in [1.29, 1.82) is 5.26 Å². The predicted octanol–water partition coefficient (Wildman–Crippen LogP) is 2.30. The molecule has 0 amide bonds. The molecule has 0 fully saturated rings. The van der Waals surface area contributed by atoms with Crippen LogP contribution < -0.4 is 4.74 Å². The Labute approximate surface area is 96.5 Å². The van der Waals surface area contributed by atoms with E-state index in [0.29, 0.717) is 11.7 Å². The summed E-state index contributed by atoms with van der Waals surface area (Å²) in [5.41, 5.74) is 1.10. The van der Waals surface area contributed by atoms with Crippen molar-refractivity contribution in [3.05, 3.63) is 41.5 Å². The first-order valence-corrected chi connectivity index (χ1v) is 5.34. The van der Waals surface area contributed by atoms with E-state index in [1.807, 2.05) is 36.4 Å². The maximum atomic E-state index is 9.23. The van der Waals surface area contributed by atoms with Gasteiger partial charge in [0.25, 0.3) is 0 Å². The Morgan fingerprint density at radius 3 is 2.81 bits per heavy atom. The molecule has 0 radical (unpaired) electrons. The number of nitriles is 1. The molecule has 80 valence electrons. The number of rotatable bonds is 3. The quantitative estimate of drug-likeness (QED) is 0.881. The van der Waals surface area contributed by atoms with E-state index in [9.17, 15) is 5.11 Å². The van der Waals surface area contributed by atoms with Crippen LogP contribution in [0.1, 0.15) is 11.1 Å². The summed E-state index contributed by atoms with van der Waals surface area (Å²) in [6.07, 6.45) is 0. The second-order valence-electron chi connectivity index (χ2n) is 3.05. The second-order valence-corrected chi connectivity index (χ2v) is 3.79. The fourth-order valence-electron chi connectivity index (χ4n) is 1.18. The second kappa shape index (κ2) is 4.64. The lowest BCUT2D eigenvalue weighted by Gasteiger charge is -2.02. The van der Waals surface area contributed by atoms with Crippen LogP contribution in [-0.4, -0.2) is 9.48 Å². The number of benzene rings is 1. The maximum Gasteiger partial charge on any atom is 0.245 e. The predicted molar refractivity (Wildman–Crippen MR) is 59.3 cm³/mol. The molecule has 2 rings (SSSR count). The average Bonchev–Trinajstić information content (AvgIpc) is 2.68. The molecule has 1 N–H and O–H groups in total. The summed E-state index contributed by atoms with van der Waals surface area (Å²) in [4.78, 5) is 0. The van der Waals surface area contributed by atoms with Gasteiger partial charge in [-0.2, -0.15) is 9.64 Å². The number of aromatic hydroxyl groups is 1. The van der Waals surface area contributed by atoms with E-state index >= 15 is 0 Å². The summed E-state index contributed by atoms with van der Waals surface area (Å²) in [6.45, 7) is 0.358. The number of hydrogen-bond acceptors (Lipinski definition) is 5. The highest BCUT2D eigenvalue weighted by atomic mass is 32.1. The molecule has 0 unspecified atom stereocenters. The third kappa shape index (κ3) is 2.12. The summed E-state index contributed by atoms with van der Waals surface area (Å²) in [6, 6.07) is 11.4. The minimum atomic E-state index is -0.268. The Bertz CT molecular complexity index is 517. The molecule has 0 aliphatic carbocycles. The third-order valence-corrected chi connectivity index (χ3v) is 2.72. The van der Waals surface area contributed by atoms with Crippen LogP contribution in [0.3, 0.4) is 0 Å². The summed E-state index contributed by atoms with van der Waals surface area (Å²) in [5, 5.41) is 18.3. The molecule has 16 heavy (non-hydrogen) atoms. The van der Waals surface area contributed by atoms with Crippen LogP contribution in [-0.2, 0) is 6.61 Å². The molecule has 0 aliphatic rings. The Hall–Kier alpha value is -2.06. The first-order valence-electron chi connectivity index (χ1n) is 4.56. The van der Waals surface area contributed by atoms with Crippen molar-refractivity contribution >= 4 is 11.5 Å². The van der Waals surface area contributed by atoms with Gasteiger partial charge in [0.15, 0.2) is 5.56 Å². The van der Waals surface area contributed by atoms with Crippen LogP contribution in [0.4, 0.5) is 0 Å². The Balaban J connectivity index is 2.09. The van der Waals surface area contributed by atoms with Crippen molar-refractivity contribution in [2.24, 2.45) is 0 Å². The van der Waals surface area contributed by atoms with E-state index in [1.54, 1.807) is 0 Å². The van der Waals surface area contributed by atoms with Gasteiger partial charge in [0.1, 0.15) is 12.7 Å². The van der Waals surface area contributed by atoms with Crippen molar-refractivity contribution in [3.63, 3.8) is 0 Å². The smallest absolute Gasteiger partial charge is 0.245 e. The highest BCUT2D eigenvalue weighted by molar-refractivity contribution is 7.08. The van der Waals surface area contributed by atoms with Crippen LogP contribution in [0, 0.1) is 11.3 Å². The SMILES string of the molecule is N#Cc1c(O)nsc1OCc1ccccc1. The van der Waals surface area contributed by atoms with Gasteiger partial charge in [-0.25, -0.2) is 0 Å². The lowest BCUT2D eigenvalue weighted by Crippen LogP contribution is -1.94.